The second kappa shape index (κ2) is 11.5. The molecule has 0 unspecified atom stereocenters. The van der Waals surface area contributed by atoms with Gasteiger partial charge >= 0.3 is 0 Å². The Morgan fingerprint density at radius 1 is 0.882 bits per heavy atom. The third-order valence-electron chi connectivity index (χ3n) is 6.90. The molecule has 8 heteroatoms. The third-order valence-corrected chi connectivity index (χ3v) is 8.82. The first-order valence-electron chi connectivity index (χ1n) is 12.3. The minimum absolute atomic E-state index is 0.220. The van der Waals surface area contributed by atoms with Crippen molar-refractivity contribution in [2.45, 2.75) is 55.8 Å². The number of anilines is 2. The highest BCUT2D eigenvalue weighted by Crippen LogP contribution is 2.26. The summed E-state index contributed by atoms with van der Waals surface area (Å²) in [6, 6.07) is 16.3. The van der Waals surface area contributed by atoms with Gasteiger partial charge in [-0.15, -0.1) is 0 Å². The minimum atomic E-state index is -3.38. The smallest absolute Gasteiger partial charge is 0.243 e. The quantitative estimate of drug-likeness (QED) is 0.537. The van der Waals surface area contributed by atoms with Crippen molar-refractivity contribution in [3.8, 4) is 0 Å². The van der Waals surface area contributed by atoms with Crippen LogP contribution in [0.5, 0.6) is 0 Å². The van der Waals surface area contributed by atoms with Gasteiger partial charge in [-0.25, -0.2) is 8.42 Å². The Balaban J connectivity index is 1.28. The van der Waals surface area contributed by atoms with Gasteiger partial charge in [-0.3, -0.25) is 0 Å². The number of sulfonamides is 1. The molecule has 0 radical (unpaired) electrons. The van der Waals surface area contributed by atoms with Gasteiger partial charge in [0.05, 0.1) is 4.90 Å². The minimum Gasteiger partial charge on any atom is -0.382 e. The Kier molecular flexibility index (Phi) is 8.47. The molecule has 0 bridgehead atoms. The van der Waals surface area contributed by atoms with Gasteiger partial charge in [-0.2, -0.15) is 4.31 Å². The number of nitrogens with zero attached hydrogens (tertiary/aromatic N) is 2. The van der Waals surface area contributed by atoms with Crippen LogP contribution in [0.15, 0.2) is 53.4 Å². The normalized spacial score (nSPS) is 18.4. The molecule has 186 valence electrons. The molecule has 2 aliphatic heterocycles. The summed E-state index contributed by atoms with van der Waals surface area (Å²) >= 11 is 0. The monoisotopic (exact) mass is 487 g/mol. The van der Waals surface area contributed by atoms with Crippen LogP contribution < -0.4 is 10.2 Å². The van der Waals surface area contributed by atoms with E-state index in [9.17, 15) is 8.42 Å². The molecule has 4 rings (SSSR count). The van der Waals surface area contributed by atoms with E-state index in [1.54, 1.807) is 30.7 Å². The first-order valence-corrected chi connectivity index (χ1v) is 13.7. The molecule has 1 N–H and O–H groups in total. The predicted molar refractivity (Wildman–Crippen MR) is 136 cm³/mol. The largest absolute Gasteiger partial charge is 0.382 e. The summed E-state index contributed by atoms with van der Waals surface area (Å²) in [5, 5.41) is 3.65. The van der Waals surface area contributed by atoms with Crippen LogP contribution in [0.4, 0.5) is 11.4 Å². The van der Waals surface area contributed by atoms with Crippen molar-refractivity contribution >= 4 is 21.4 Å². The van der Waals surface area contributed by atoms with Gasteiger partial charge in [0.25, 0.3) is 0 Å². The molecule has 0 atom stereocenters. The summed E-state index contributed by atoms with van der Waals surface area (Å²) in [6.07, 6.45) is 5.59. The Morgan fingerprint density at radius 2 is 1.50 bits per heavy atom. The molecule has 0 aromatic heterocycles. The number of piperidine rings is 2. The van der Waals surface area contributed by atoms with Gasteiger partial charge in [0.15, 0.2) is 6.29 Å². The summed E-state index contributed by atoms with van der Waals surface area (Å²) < 4.78 is 38.0. The summed E-state index contributed by atoms with van der Waals surface area (Å²) in [6.45, 7) is 3.15. The van der Waals surface area contributed by atoms with Crippen LogP contribution in [0.1, 0.15) is 37.7 Å². The topological polar surface area (TPSA) is 71.1 Å². The van der Waals surface area contributed by atoms with Crippen LogP contribution in [0, 0.1) is 0 Å². The zero-order chi connectivity index (χ0) is 24.0. The van der Waals surface area contributed by atoms with E-state index in [0.717, 1.165) is 63.0 Å². The second-order valence-corrected chi connectivity index (χ2v) is 11.1. The highest BCUT2D eigenvalue weighted by Gasteiger charge is 2.26. The first-order chi connectivity index (χ1) is 16.5. The molecule has 0 saturated carbocycles. The average Bonchev–Trinajstić information content (AvgIpc) is 2.89. The Bertz CT molecular complexity index is 993. The van der Waals surface area contributed by atoms with Crippen molar-refractivity contribution < 1.29 is 17.9 Å². The fraction of sp³-hybridized carbons (Fsp3) is 0.538. The number of hydrogen-bond donors (Lipinski definition) is 1. The summed E-state index contributed by atoms with van der Waals surface area (Å²) in [4.78, 5) is 2.74. The fourth-order valence-electron chi connectivity index (χ4n) is 4.79. The Hall–Kier alpha value is -2.13. The van der Waals surface area contributed by atoms with Gasteiger partial charge in [0.2, 0.25) is 10.0 Å². The summed E-state index contributed by atoms with van der Waals surface area (Å²) in [5.74, 6) is 0. The number of methoxy groups -OCH3 is 2. The fourth-order valence-corrected chi connectivity index (χ4v) is 6.31. The van der Waals surface area contributed by atoms with E-state index < -0.39 is 10.0 Å². The highest BCUT2D eigenvalue weighted by molar-refractivity contribution is 7.89. The van der Waals surface area contributed by atoms with E-state index in [1.807, 2.05) is 12.1 Å². The van der Waals surface area contributed by atoms with Crippen LogP contribution in [0.3, 0.4) is 0 Å². The van der Waals surface area contributed by atoms with E-state index in [1.165, 1.54) is 5.56 Å². The van der Waals surface area contributed by atoms with Crippen molar-refractivity contribution in [2.24, 2.45) is 0 Å². The number of ether oxygens (including phenoxy) is 2. The summed E-state index contributed by atoms with van der Waals surface area (Å²) in [7, 11) is -0.0649. The number of benzene rings is 2. The SMILES string of the molecule is COC(Cc1ccc(NC2CCN(c3ccc(S(=O)(=O)N4CCCCC4)cc3)CC2)cc1)OC. The van der Waals surface area contributed by atoms with Crippen molar-refractivity contribution in [3.05, 3.63) is 54.1 Å². The van der Waals surface area contributed by atoms with Crippen molar-refractivity contribution in [3.63, 3.8) is 0 Å². The number of nitrogens with one attached hydrogen (secondary N) is 1. The van der Waals surface area contributed by atoms with Gasteiger partial charge < -0.3 is 19.7 Å². The average molecular weight is 488 g/mol. The Labute approximate surface area is 204 Å². The maximum absolute atomic E-state index is 12.9. The van der Waals surface area contributed by atoms with Crippen LogP contribution in [0.25, 0.3) is 0 Å². The standard InChI is InChI=1S/C26H37N3O4S/c1-32-26(33-2)20-21-6-8-22(9-7-21)27-23-14-18-28(19-15-23)24-10-12-25(13-11-24)34(30,31)29-16-4-3-5-17-29/h6-13,23,26-27H,3-5,14-20H2,1-2H3. The number of rotatable bonds is 9. The molecule has 0 spiro atoms. The molecular formula is C26H37N3O4S. The lowest BCUT2D eigenvalue weighted by atomic mass is 10.0. The number of hydrogen-bond acceptors (Lipinski definition) is 6. The maximum atomic E-state index is 12.9. The van der Waals surface area contributed by atoms with Crippen molar-refractivity contribution in [2.75, 3.05) is 50.6 Å². The molecular weight excluding hydrogens is 450 g/mol. The van der Waals surface area contributed by atoms with Crippen LogP contribution in [0.2, 0.25) is 0 Å². The van der Waals surface area contributed by atoms with E-state index in [2.05, 4.69) is 34.5 Å². The van der Waals surface area contributed by atoms with Crippen LogP contribution >= 0.6 is 0 Å². The van der Waals surface area contributed by atoms with Gasteiger partial charge in [-0.05, 0) is 67.6 Å². The molecule has 2 aromatic rings. The first kappa shape index (κ1) is 25.0. The second-order valence-electron chi connectivity index (χ2n) is 9.17. The molecule has 2 saturated heterocycles. The summed E-state index contributed by atoms with van der Waals surface area (Å²) in [5.41, 5.74) is 3.40. The lowest BCUT2D eigenvalue weighted by Crippen LogP contribution is -2.39. The highest BCUT2D eigenvalue weighted by atomic mass is 32.2. The van der Waals surface area contributed by atoms with E-state index in [4.69, 9.17) is 9.47 Å². The molecule has 7 nitrogen and oxygen atoms in total. The molecule has 2 aromatic carbocycles. The van der Waals surface area contributed by atoms with Gasteiger partial charge in [0.1, 0.15) is 0 Å². The van der Waals surface area contributed by atoms with E-state index in [-0.39, 0.29) is 6.29 Å². The molecule has 34 heavy (non-hydrogen) atoms. The zero-order valence-electron chi connectivity index (χ0n) is 20.3. The van der Waals surface area contributed by atoms with Crippen LogP contribution in [-0.2, 0) is 25.9 Å². The molecule has 0 amide bonds. The van der Waals surface area contributed by atoms with E-state index >= 15 is 0 Å². The van der Waals surface area contributed by atoms with E-state index in [0.29, 0.717) is 24.0 Å². The molecule has 2 heterocycles. The lowest BCUT2D eigenvalue weighted by Gasteiger charge is -2.34. The Morgan fingerprint density at radius 3 is 2.09 bits per heavy atom. The third kappa shape index (κ3) is 6.10. The predicted octanol–water partition coefficient (Wildman–Crippen LogP) is 4.10. The molecule has 2 aliphatic rings. The molecule has 0 aliphatic carbocycles. The van der Waals surface area contributed by atoms with Crippen molar-refractivity contribution in [1.29, 1.82) is 0 Å². The maximum Gasteiger partial charge on any atom is 0.243 e. The van der Waals surface area contributed by atoms with Crippen molar-refractivity contribution in [1.82, 2.24) is 4.31 Å². The molecule has 2 fully saturated rings. The van der Waals surface area contributed by atoms with Crippen LogP contribution in [-0.4, -0.2) is 65.5 Å². The lowest BCUT2D eigenvalue weighted by molar-refractivity contribution is -0.100. The van der Waals surface area contributed by atoms with Gasteiger partial charge in [-0.1, -0.05) is 18.6 Å². The van der Waals surface area contributed by atoms with Gasteiger partial charge in [0, 0.05) is 64.2 Å². The zero-order valence-corrected chi connectivity index (χ0v) is 21.1.